The number of aliphatic carboxylic acids is 1. The molecule has 0 aliphatic carbocycles. The number of hydrogen-bond donors (Lipinski definition) is 1. The predicted octanol–water partition coefficient (Wildman–Crippen LogP) is 2.56. The van der Waals surface area contributed by atoms with E-state index in [2.05, 4.69) is 0 Å². The van der Waals surface area contributed by atoms with Crippen molar-refractivity contribution >= 4 is 23.4 Å². The lowest BCUT2D eigenvalue weighted by atomic mass is 10.2. The molecule has 0 bridgehead atoms. The predicted molar refractivity (Wildman–Crippen MR) is 72.6 cm³/mol. The van der Waals surface area contributed by atoms with Crippen LogP contribution in [0.5, 0.6) is 5.75 Å². The summed E-state index contributed by atoms with van der Waals surface area (Å²) in [6.07, 6.45) is 0. The summed E-state index contributed by atoms with van der Waals surface area (Å²) in [6, 6.07) is 4.39. The van der Waals surface area contributed by atoms with Crippen molar-refractivity contribution in [3.63, 3.8) is 0 Å². The molecule has 1 aromatic rings. The van der Waals surface area contributed by atoms with Gasteiger partial charge in [0.1, 0.15) is 5.75 Å². The van der Waals surface area contributed by atoms with Crippen LogP contribution in [-0.4, -0.2) is 28.9 Å². The molecule has 1 atom stereocenters. The molecule has 0 spiro atoms. The van der Waals surface area contributed by atoms with E-state index in [1.807, 2.05) is 0 Å². The molecule has 0 aromatic heterocycles. The quantitative estimate of drug-likeness (QED) is 0.611. The van der Waals surface area contributed by atoms with Gasteiger partial charge in [0.25, 0.3) is 5.69 Å². The minimum atomic E-state index is -0.849. The second kappa shape index (κ2) is 6.98. The summed E-state index contributed by atoms with van der Waals surface area (Å²) in [7, 11) is 1.50. The third-order valence-corrected chi connectivity index (χ3v) is 3.77. The van der Waals surface area contributed by atoms with E-state index in [4.69, 9.17) is 9.84 Å². The van der Waals surface area contributed by atoms with E-state index in [1.54, 1.807) is 13.0 Å². The number of nitro benzene ring substituents is 1. The molecule has 0 fully saturated rings. The van der Waals surface area contributed by atoms with Crippen molar-refractivity contribution in [1.82, 2.24) is 0 Å². The Morgan fingerprint density at radius 2 is 2.26 bits per heavy atom. The number of carboxylic acid groups (broad SMARTS) is 1. The van der Waals surface area contributed by atoms with Gasteiger partial charge in [-0.25, -0.2) is 0 Å². The van der Waals surface area contributed by atoms with E-state index in [0.717, 1.165) is 0 Å². The minimum Gasteiger partial charge on any atom is -0.496 e. The zero-order valence-electron chi connectivity index (χ0n) is 10.7. The average Bonchev–Trinajstić information content (AvgIpc) is 2.38. The molecule has 0 aliphatic rings. The Morgan fingerprint density at radius 1 is 1.58 bits per heavy atom. The van der Waals surface area contributed by atoms with Crippen LogP contribution in [0.3, 0.4) is 0 Å². The number of nitrogens with zero attached hydrogens (tertiary/aromatic N) is 1. The van der Waals surface area contributed by atoms with Gasteiger partial charge in [-0.1, -0.05) is 6.92 Å². The molecule has 1 rings (SSSR count). The van der Waals surface area contributed by atoms with Crippen LogP contribution in [0.1, 0.15) is 12.5 Å². The van der Waals surface area contributed by atoms with Gasteiger partial charge in [0, 0.05) is 29.2 Å². The van der Waals surface area contributed by atoms with Gasteiger partial charge in [0.15, 0.2) is 0 Å². The Balaban J connectivity index is 2.72. The van der Waals surface area contributed by atoms with Crippen molar-refractivity contribution < 1.29 is 19.6 Å². The normalized spacial score (nSPS) is 11.9. The molecular formula is C12H15NO5S. The fourth-order valence-electron chi connectivity index (χ4n) is 1.41. The van der Waals surface area contributed by atoms with Gasteiger partial charge in [0.05, 0.1) is 18.0 Å². The summed E-state index contributed by atoms with van der Waals surface area (Å²) in [5.74, 6) is 0.193. The summed E-state index contributed by atoms with van der Waals surface area (Å²) >= 11 is 1.41. The largest absolute Gasteiger partial charge is 0.496 e. The van der Waals surface area contributed by atoms with Crippen molar-refractivity contribution in [2.75, 3.05) is 12.9 Å². The molecule has 1 unspecified atom stereocenters. The molecule has 0 aliphatic heterocycles. The molecule has 0 radical (unpaired) electrons. The Hall–Kier alpha value is -1.76. The smallest absolute Gasteiger partial charge is 0.307 e. The topological polar surface area (TPSA) is 89.7 Å². The fourth-order valence-corrected chi connectivity index (χ4v) is 2.47. The van der Waals surface area contributed by atoms with Gasteiger partial charge in [-0.05, 0) is 6.07 Å². The highest BCUT2D eigenvalue weighted by Crippen LogP contribution is 2.28. The number of thioether (sulfide) groups is 1. The SMILES string of the molecule is COc1ccc([N+](=O)[O-])cc1CSCC(C)C(=O)O. The molecule has 0 amide bonds. The van der Waals surface area contributed by atoms with E-state index in [-0.39, 0.29) is 5.69 Å². The highest BCUT2D eigenvalue weighted by Gasteiger charge is 2.14. The van der Waals surface area contributed by atoms with Crippen molar-refractivity contribution in [3.05, 3.63) is 33.9 Å². The maximum absolute atomic E-state index is 10.7. The van der Waals surface area contributed by atoms with Gasteiger partial charge < -0.3 is 9.84 Å². The molecule has 104 valence electrons. The van der Waals surface area contributed by atoms with Crippen LogP contribution in [0, 0.1) is 16.0 Å². The van der Waals surface area contributed by atoms with Crippen LogP contribution in [0.25, 0.3) is 0 Å². The number of non-ortho nitro benzene ring substituents is 1. The molecule has 6 nitrogen and oxygen atoms in total. The highest BCUT2D eigenvalue weighted by molar-refractivity contribution is 7.98. The lowest BCUT2D eigenvalue weighted by molar-refractivity contribution is -0.384. The first-order chi connectivity index (χ1) is 8.95. The van der Waals surface area contributed by atoms with Crippen LogP contribution < -0.4 is 4.74 Å². The van der Waals surface area contributed by atoms with Crippen molar-refractivity contribution in [3.8, 4) is 5.75 Å². The third kappa shape index (κ3) is 4.44. The molecule has 19 heavy (non-hydrogen) atoms. The molecule has 1 N–H and O–H groups in total. The summed E-state index contributed by atoms with van der Waals surface area (Å²) in [6.45, 7) is 1.63. The standard InChI is InChI=1S/C12H15NO5S/c1-8(12(14)15)6-19-7-9-5-10(13(16)17)3-4-11(9)18-2/h3-5,8H,6-7H2,1-2H3,(H,14,15). The van der Waals surface area contributed by atoms with Gasteiger partial charge in [-0.2, -0.15) is 11.8 Å². The first-order valence-corrected chi connectivity index (χ1v) is 6.73. The monoisotopic (exact) mass is 285 g/mol. The molecule has 1 aromatic carbocycles. The maximum atomic E-state index is 10.7. The summed E-state index contributed by atoms with van der Waals surface area (Å²) < 4.78 is 5.13. The number of nitro groups is 1. The lowest BCUT2D eigenvalue weighted by Crippen LogP contribution is -2.11. The van der Waals surface area contributed by atoms with Crippen LogP contribution in [0.15, 0.2) is 18.2 Å². The Kier molecular flexibility index (Phi) is 5.62. The van der Waals surface area contributed by atoms with Crippen molar-refractivity contribution in [2.45, 2.75) is 12.7 Å². The molecule has 0 saturated carbocycles. The van der Waals surface area contributed by atoms with E-state index in [1.165, 1.54) is 31.0 Å². The van der Waals surface area contributed by atoms with Crippen LogP contribution in [0.4, 0.5) is 5.69 Å². The average molecular weight is 285 g/mol. The minimum absolute atomic E-state index is 0.00248. The van der Waals surface area contributed by atoms with Gasteiger partial charge in [0.2, 0.25) is 0 Å². The van der Waals surface area contributed by atoms with E-state index in [0.29, 0.717) is 22.8 Å². The summed E-state index contributed by atoms with van der Waals surface area (Å²) in [5, 5.41) is 19.5. The molecular weight excluding hydrogens is 270 g/mol. The molecule has 7 heteroatoms. The maximum Gasteiger partial charge on any atom is 0.307 e. The Bertz CT molecular complexity index is 477. The lowest BCUT2D eigenvalue weighted by Gasteiger charge is -2.09. The van der Waals surface area contributed by atoms with Gasteiger partial charge in [-0.15, -0.1) is 0 Å². The first-order valence-electron chi connectivity index (χ1n) is 5.57. The Morgan fingerprint density at radius 3 is 2.79 bits per heavy atom. The van der Waals surface area contributed by atoms with E-state index < -0.39 is 16.8 Å². The first kappa shape index (κ1) is 15.3. The number of carbonyl (C=O) groups is 1. The number of methoxy groups -OCH3 is 1. The van der Waals surface area contributed by atoms with E-state index in [9.17, 15) is 14.9 Å². The zero-order chi connectivity index (χ0) is 14.4. The van der Waals surface area contributed by atoms with Gasteiger partial charge >= 0.3 is 5.97 Å². The summed E-state index contributed by atoms with van der Waals surface area (Å²) in [4.78, 5) is 20.9. The van der Waals surface area contributed by atoms with E-state index >= 15 is 0 Å². The third-order valence-electron chi connectivity index (χ3n) is 2.52. The second-order valence-electron chi connectivity index (χ2n) is 4.01. The number of rotatable bonds is 7. The number of hydrogen-bond acceptors (Lipinski definition) is 5. The van der Waals surface area contributed by atoms with Gasteiger partial charge in [-0.3, -0.25) is 14.9 Å². The summed E-state index contributed by atoms with van der Waals surface area (Å²) in [5.41, 5.74) is 0.696. The molecule has 0 heterocycles. The fraction of sp³-hybridized carbons (Fsp3) is 0.417. The van der Waals surface area contributed by atoms with Crippen LogP contribution in [0.2, 0.25) is 0 Å². The van der Waals surface area contributed by atoms with Crippen LogP contribution in [-0.2, 0) is 10.5 Å². The second-order valence-corrected chi connectivity index (χ2v) is 5.04. The number of benzene rings is 1. The van der Waals surface area contributed by atoms with Crippen molar-refractivity contribution in [1.29, 1.82) is 0 Å². The zero-order valence-corrected chi connectivity index (χ0v) is 11.5. The van der Waals surface area contributed by atoms with Crippen LogP contribution >= 0.6 is 11.8 Å². The highest BCUT2D eigenvalue weighted by atomic mass is 32.2. The number of ether oxygens (including phenoxy) is 1. The molecule has 0 saturated heterocycles. The number of carboxylic acids is 1. The van der Waals surface area contributed by atoms with Crippen molar-refractivity contribution in [2.24, 2.45) is 5.92 Å². The Labute approximate surface area is 114 Å².